The number of nitrogens with one attached hydrogen (secondary N) is 1. The van der Waals surface area contributed by atoms with Crippen molar-refractivity contribution in [2.24, 2.45) is 0 Å². The fourth-order valence-electron chi connectivity index (χ4n) is 3.34. The molecule has 1 heterocycles. The number of carbonyl (C=O) groups is 2. The molecule has 0 saturated carbocycles. The molecule has 4 nitrogen and oxygen atoms in total. The van der Waals surface area contributed by atoms with Crippen LogP contribution in [0.1, 0.15) is 16.7 Å². The molecule has 3 aromatic carbocycles. The standard InChI is InChI=1S/C24H18Cl2N2O2/c1-14-6-12-18(13-7-14)28-23(29)21(16-8-10-17(25)11-9-16)22(24(28)30)27-20-5-3-4-19(26)15(20)2/h3-13,27H,1-2H3. The maximum absolute atomic E-state index is 13.4. The predicted octanol–water partition coefficient (Wildman–Crippen LogP) is 6.01. The van der Waals surface area contributed by atoms with E-state index < -0.39 is 11.8 Å². The number of imide groups is 1. The van der Waals surface area contributed by atoms with Crippen molar-refractivity contribution in [1.29, 1.82) is 0 Å². The minimum absolute atomic E-state index is 0.202. The Hall–Kier alpha value is -3.08. The number of anilines is 2. The highest BCUT2D eigenvalue weighted by molar-refractivity contribution is 6.46. The third-order valence-corrected chi connectivity index (χ3v) is 5.70. The summed E-state index contributed by atoms with van der Waals surface area (Å²) in [6, 6.07) is 19.5. The van der Waals surface area contributed by atoms with Crippen molar-refractivity contribution < 1.29 is 9.59 Å². The Morgan fingerprint density at radius 2 is 1.47 bits per heavy atom. The molecule has 2 amide bonds. The summed E-state index contributed by atoms with van der Waals surface area (Å²) in [6.07, 6.45) is 0. The molecule has 1 aliphatic heterocycles. The van der Waals surface area contributed by atoms with Crippen LogP contribution in [0.15, 0.2) is 72.4 Å². The van der Waals surface area contributed by atoms with Crippen molar-refractivity contribution in [1.82, 2.24) is 0 Å². The Kier molecular flexibility index (Phi) is 5.37. The van der Waals surface area contributed by atoms with Gasteiger partial charge in [-0.15, -0.1) is 0 Å². The van der Waals surface area contributed by atoms with Crippen molar-refractivity contribution in [3.8, 4) is 0 Å². The summed E-state index contributed by atoms with van der Waals surface area (Å²) in [5, 5.41) is 4.27. The van der Waals surface area contributed by atoms with Gasteiger partial charge < -0.3 is 5.32 Å². The molecule has 3 aromatic rings. The molecule has 6 heteroatoms. The maximum Gasteiger partial charge on any atom is 0.282 e. The molecule has 0 aliphatic carbocycles. The molecule has 0 unspecified atom stereocenters. The van der Waals surface area contributed by atoms with Gasteiger partial charge in [-0.3, -0.25) is 9.59 Å². The molecule has 0 bridgehead atoms. The number of halogens is 2. The van der Waals surface area contributed by atoms with E-state index in [1.807, 2.05) is 32.0 Å². The first-order valence-corrected chi connectivity index (χ1v) is 10.1. The van der Waals surface area contributed by atoms with Crippen LogP contribution in [0.2, 0.25) is 10.0 Å². The van der Waals surface area contributed by atoms with Crippen LogP contribution in [0.25, 0.3) is 5.57 Å². The van der Waals surface area contributed by atoms with Crippen LogP contribution in [0.3, 0.4) is 0 Å². The van der Waals surface area contributed by atoms with Gasteiger partial charge in [0.2, 0.25) is 0 Å². The van der Waals surface area contributed by atoms with Gasteiger partial charge in [-0.05, 0) is 61.4 Å². The van der Waals surface area contributed by atoms with Crippen LogP contribution >= 0.6 is 23.2 Å². The van der Waals surface area contributed by atoms with E-state index >= 15 is 0 Å². The number of hydrogen-bond donors (Lipinski definition) is 1. The Labute approximate surface area is 184 Å². The summed E-state index contributed by atoms with van der Waals surface area (Å²) in [4.78, 5) is 28.0. The molecular weight excluding hydrogens is 419 g/mol. The topological polar surface area (TPSA) is 49.4 Å². The Morgan fingerprint density at radius 1 is 0.800 bits per heavy atom. The lowest BCUT2D eigenvalue weighted by Crippen LogP contribution is -2.32. The van der Waals surface area contributed by atoms with Crippen molar-refractivity contribution in [2.75, 3.05) is 10.2 Å². The summed E-state index contributed by atoms with van der Waals surface area (Å²) in [7, 11) is 0. The van der Waals surface area contributed by atoms with Crippen LogP contribution in [-0.4, -0.2) is 11.8 Å². The minimum atomic E-state index is -0.423. The monoisotopic (exact) mass is 436 g/mol. The van der Waals surface area contributed by atoms with Crippen molar-refractivity contribution in [3.05, 3.63) is 99.2 Å². The van der Waals surface area contributed by atoms with Crippen LogP contribution in [0.5, 0.6) is 0 Å². The van der Waals surface area contributed by atoms with Gasteiger partial charge in [0.1, 0.15) is 5.70 Å². The smallest absolute Gasteiger partial charge is 0.282 e. The SMILES string of the molecule is Cc1ccc(N2C(=O)C(Nc3cccc(Cl)c3C)=C(c3ccc(Cl)cc3)C2=O)cc1. The Morgan fingerprint density at radius 3 is 2.13 bits per heavy atom. The first-order valence-electron chi connectivity index (χ1n) is 9.34. The third-order valence-electron chi connectivity index (χ3n) is 5.04. The van der Waals surface area contributed by atoms with Gasteiger partial charge in [0, 0.05) is 15.7 Å². The highest BCUT2D eigenvalue weighted by Crippen LogP contribution is 2.35. The van der Waals surface area contributed by atoms with E-state index in [0.717, 1.165) is 11.1 Å². The number of nitrogens with zero attached hydrogens (tertiary/aromatic N) is 1. The zero-order chi connectivity index (χ0) is 21.4. The van der Waals surface area contributed by atoms with E-state index in [4.69, 9.17) is 23.2 Å². The highest BCUT2D eigenvalue weighted by Gasteiger charge is 2.40. The Balaban J connectivity index is 1.84. The van der Waals surface area contributed by atoms with Gasteiger partial charge >= 0.3 is 0 Å². The summed E-state index contributed by atoms with van der Waals surface area (Å²) >= 11 is 12.3. The zero-order valence-corrected chi connectivity index (χ0v) is 17.9. The molecule has 30 heavy (non-hydrogen) atoms. The van der Waals surface area contributed by atoms with E-state index in [1.165, 1.54) is 4.90 Å². The third kappa shape index (κ3) is 3.60. The first kappa shape index (κ1) is 20.2. The lowest BCUT2D eigenvalue weighted by atomic mass is 10.0. The molecule has 0 atom stereocenters. The number of aryl methyl sites for hydroxylation is 1. The number of amides is 2. The fraction of sp³-hybridized carbons (Fsp3) is 0.0833. The lowest BCUT2D eigenvalue weighted by molar-refractivity contribution is -0.120. The van der Waals surface area contributed by atoms with Gasteiger partial charge in [-0.1, -0.05) is 59.1 Å². The molecular formula is C24H18Cl2N2O2. The van der Waals surface area contributed by atoms with E-state index in [-0.39, 0.29) is 11.3 Å². The van der Waals surface area contributed by atoms with Crippen LogP contribution in [0, 0.1) is 13.8 Å². The molecule has 0 saturated heterocycles. The second kappa shape index (κ2) is 7.98. The fourth-order valence-corrected chi connectivity index (χ4v) is 3.64. The summed E-state index contributed by atoms with van der Waals surface area (Å²) < 4.78 is 0. The number of benzene rings is 3. The zero-order valence-electron chi connectivity index (χ0n) is 16.4. The minimum Gasteiger partial charge on any atom is -0.350 e. The van der Waals surface area contributed by atoms with E-state index in [0.29, 0.717) is 27.0 Å². The molecule has 150 valence electrons. The van der Waals surface area contributed by atoms with E-state index in [9.17, 15) is 9.59 Å². The second-order valence-electron chi connectivity index (χ2n) is 7.08. The Bertz CT molecular complexity index is 1180. The molecule has 0 spiro atoms. The largest absolute Gasteiger partial charge is 0.350 e. The van der Waals surface area contributed by atoms with Gasteiger partial charge in [0.15, 0.2) is 0 Å². The summed E-state index contributed by atoms with van der Waals surface area (Å²) in [5.41, 5.74) is 4.10. The van der Waals surface area contributed by atoms with Gasteiger partial charge in [-0.25, -0.2) is 4.90 Å². The van der Waals surface area contributed by atoms with Crippen molar-refractivity contribution in [2.45, 2.75) is 13.8 Å². The first-order chi connectivity index (χ1) is 14.4. The van der Waals surface area contributed by atoms with Gasteiger partial charge in [-0.2, -0.15) is 0 Å². The lowest BCUT2D eigenvalue weighted by Gasteiger charge is -2.16. The van der Waals surface area contributed by atoms with Crippen LogP contribution in [-0.2, 0) is 9.59 Å². The number of hydrogen-bond acceptors (Lipinski definition) is 3. The molecule has 0 radical (unpaired) electrons. The summed E-state index contributed by atoms with van der Waals surface area (Å²) in [6.45, 7) is 3.80. The molecule has 1 aliphatic rings. The molecule has 1 N–H and O–H groups in total. The van der Waals surface area contributed by atoms with E-state index in [1.54, 1.807) is 48.5 Å². The van der Waals surface area contributed by atoms with Crippen molar-refractivity contribution in [3.63, 3.8) is 0 Å². The molecule has 0 fully saturated rings. The molecule has 0 aromatic heterocycles. The van der Waals surface area contributed by atoms with Crippen molar-refractivity contribution >= 4 is 52.0 Å². The summed E-state index contributed by atoms with van der Waals surface area (Å²) in [5.74, 6) is -0.818. The van der Waals surface area contributed by atoms with Crippen LogP contribution in [0.4, 0.5) is 11.4 Å². The predicted molar refractivity (Wildman–Crippen MR) is 122 cm³/mol. The van der Waals surface area contributed by atoms with Gasteiger partial charge in [0.25, 0.3) is 11.8 Å². The average molecular weight is 437 g/mol. The van der Waals surface area contributed by atoms with E-state index in [2.05, 4.69) is 5.32 Å². The average Bonchev–Trinajstić information content (AvgIpc) is 2.97. The maximum atomic E-state index is 13.4. The molecule has 4 rings (SSSR count). The quantitative estimate of drug-likeness (QED) is 0.509. The second-order valence-corrected chi connectivity index (χ2v) is 7.92. The highest BCUT2D eigenvalue weighted by atomic mass is 35.5. The number of carbonyl (C=O) groups excluding carboxylic acids is 2. The normalized spacial score (nSPS) is 13.9. The van der Waals surface area contributed by atoms with Crippen LogP contribution < -0.4 is 10.2 Å². The number of rotatable bonds is 4. The van der Waals surface area contributed by atoms with Gasteiger partial charge in [0.05, 0.1) is 11.3 Å².